The Morgan fingerprint density at radius 1 is 1.44 bits per heavy atom. The van der Waals surface area contributed by atoms with Crippen molar-refractivity contribution in [3.05, 3.63) is 33.3 Å². The number of halogens is 2. The Labute approximate surface area is 123 Å². The molecule has 0 spiro atoms. The van der Waals surface area contributed by atoms with Gasteiger partial charge in [-0.25, -0.2) is 0 Å². The second-order valence-electron chi connectivity index (χ2n) is 5.58. The summed E-state index contributed by atoms with van der Waals surface area (Å²) in [6.07, 6.45) is 4.13. The van der Waals surface area contributed by atoms with Gasteiger partial charge >= 0.3 is 0 Å². The quantitative estimate of drug-likeness (QED) is 0.801. The second kappa shape index (κ2) is 6.40. The van der Waals surface area contributed by atoms with Crippen molar-refractivity contribution in [3.63, 3.8) is 0 Å². The molecule has 0 heterocycles. The molecular weight excluding hydrogens is 310 g/mol. The van der Waals surface area contributed by atoms with E-state index < -0.39 is 0 Å². The summed E-state index contributed by atoms with van der Waals surface area (Å²) in [6, 6.07) is 6.44. The van der Waals surface area contributed by atoms with E-state index in [4.69, 9.17) is 11.6 Å². The van der Waals surface area contributed by atoms with Crippen molar-refractivity contribution in [2.75, 3.05) is 6.54 Å². The third-order valence-corrected chi connectivity index (χ3v) is 4.77. The van der Waals surface area contributed by atoms with Crippen LogP contribution in [-0.2, 0) is 0 Å². The van der Waals surface area contributed by atoms with Crippen molar-refractivity contribution in [1.29, 1.82) is 0 Å². The van der Waals surface area contributed by atoms with Gasteiger partial charge in [0.1, 0.15) is 0 Å². The predicted molar refractivity (Wildman–Crippen MR) is 82.1 cm³/mol. The highest BCUT2D eigenvalue weighted by atomic mass is 79.9. The summed E-state index contributed by atoms with van der Waals surface area (Å²) >= 11 is 9.71. The lowest BCUT2D eigenvalue weighted by Gasteiger charge is -2.18. The van der Waals surface area contributed by atoms with Gasteiger partial charge in [0.15, 0.2) is 0 Å². The van der Waals surface area contributed by atoms with E-state index in [1.165, 1.54) is 24.8 Å². The highest BCUT2D eigenvalue weighted by Crippen LogP contribution is 2.31. The molecule has 0 radical (unpaired) electrons. The molecule has 1 aromatic rings. The molecule has 0 bridgehead atoms. The summed E-state index contributed by atoms with van der Waals surface area (Å²) in [5, 5.41) is 4.46. The van der Waals surface area contributed by atoms with Gasteiger partial charge < -0.3 is 5.32 Å². The average molecular weight is 331 g/mol. The number of hydrogen-bond acceptors (Lipinski definition) is 1. The molecule has 18 heavy (non-hydrogen) atoms. The van der Waals surface area contributed by atoms with Crippen molar-refractivity contribution in [1.82, 2.24) is 5.32 Å². The van der Waals surface area contributed by atoms with Gasteiger partial charge in [-0.15, -0.1) is 0 Å². The zero-order valence-corrected chi connectivity index (χ0v) is 13.4. The van der Waals surface area contributed by atoms with Crippen LogP contribution in [0.4, 0.5) is 0 Å². The maximum Gasteiger partial charge on any atom is 0.0464 e. The van der Waals surface area contributed by atoms with Crippen LogP contribution < -0.4 is 5.32 Å². The summed E-state index contributed by atoms with van der Waals surface area (Å²) < 4.78 is 1.04. The number of benzene rings is 1. The molecule has 1 nitrogen and oxygen atoms in total. The van der Waals surface area contributed by atoms with Gasteiger partial charge in [-0.2, -0.15) is 0 Å². The largest absolute Gasteiger partial charge is 0.310 e. The molecule has 1 fully saturated rings. The lowest BCUT2D eigenvalue weighted by molar-refractivity contribution is 0.440. The van der Waals surface area contributed by atoms with E-state index in [1.54, 1.807) is 0 Å². The van der Waals surface area contributed by atoms with E-state index in [-0.39, 0.29) is 0 Å². The van der Waals surface area contributed by atoms with Gasteiger partial charge in [-0.05, 0) is 55.8 Å². The number of rotatable bonds is 4. The summed E-state index contributed by atoms with van der Waals surface area (Å²) in [5.74, 6) is 1.75. The smallest absolute Gasteiger partial charge is 0.0464 e. The van der Waals surface area contributed by atoms with Crippen LogP contribution >= 0.6 is 27.5 Å². The highest BCUT2D eigenvalue weighted by molar-refractivity contribution is 9.10. The fraction of sp³-hybridized carbons (Fsp3) is 0.600. The molecule has 0 saturated heterocycles. The van der Waals surface area contributed by atoms with Gasteiger partial charge in [0.05, 0.1) is 0 Å². The predicted octanol–water partition coefficient (Wildman–Crippen LogP) is 5.19. The topological polar surface area (TPSA) is 12.0 Å². The van der Waals surface area contributed by atoms with E-state index in [9.17, 15) is 0 Å². The summed E-state index contributed by atoms with van der Waals surface area (Å²) in [7, 11) is 0. The van der Waals surface area contributed by atoms with Gasteiger partial charge in [-0.3, -0.25) is 0 Å². The van der Waals surface area contributed by atoms with Crippen molar-refractivity contribution < 1.29 is 0 Å². The fourth-order valence-electron chi connectivity index (χ4n) is 2.82. The zero-order valence-electron chi connectivity index (χ0n) is 11.0. The van der Waals surface area contributed by atoms with E-state index >= 15 is 0 Å². The highest BCUT2D eigenvalue weighted by Gasteiger charge is 2.21. The molecule has 3 atom stereocenters. The van der Waals surface area contributed by atoms with Crippen LogP contribution in [-0.4, -0.2) is 6.54 Å². The Hall–Kier alpha value is -0.0500. The van der Waals surface area contributed by atoms with Gasteiger partial charge in [0.2, 0.25) is 0 Å². The molecule has 3 unspecified atom stereocenters. The van der Waals surface area contributed by atoms with Crippen LogP contribution in [0.3, 0.4) is 0 Å². The lowest BCUT2D eigenvalue weighted by atomic mass is 10.0. The summed E-state index contributed by atoms with van der Waals surface area (Å²) in [6.45, 7) is 5.65. The normalized spacial score (nSPS) is 25.3. The number of nitrogens with one attached hydrogen (secondary N) is 1. The Morgan fingerprint density at radius 2 is 2.22 bits per heavy atom. The maximum absolute atomic E-state index is 6.27. The van der Waals surface area contributed by atoms with Gasteiger partial charge in [0, 0.05) is 15.5 Å². The molecule has 1 aliphatic rings. The molecule has 2 rings (SSSR count). The first-order chi connectivity index (χ1) is 8.56. The van der Waals surface area contributed by atoms with E-state index in [2.05, 4.69) is 47.2 Å². The molecule has 1 saturated carbocycles. The molecule has 1 N–H and O–H groups in total. The molecule has 0 aromatic heterocycles. The minimum atomic E-state index is 0.321. The minimum absolute atomic E-state index is 0.321. The lowest BCUT2D eigenvalue weighted by Crippen LogP contribution is -2.24. The Kier molecular flexibility index (Phi) is 5.11. The Balaban J connectivity index is 1.89. The summed E-state index contributed by atoms with van der Waals surface area (Å²) in [5.41, 5.74) is 1.19. The van der Waals surface area contributed by atoms with Crippen LogP contribution in [0.15, 0.2) is 22.7 Å². The van der Waals surface area contributed by atoms with Crippen LogP contribution in [0.5, 0.6) is 0 Å². The van der Waals surface area contributed by atoms with Crippen molar-refractivity contribution >= 4 is 27.5 Å². The van der Waals surface area contributed by atoms with Crippen LogP contribution in [0.25, 0.3) is 0 Å². The molecule has 3 heteroatoms. The summed E-state index contributed by atoms with van der Waals surface area (Å²) in [4.78, 5) is 0. The van der Waals surface area contributed by atoms with E-state index in [0.29, 0.717) is 6.04 Å². The van der Waals surface area contributed by atoms with Gasteiger partial charge in [-0.1, -0.05) is 46.9 Å². The fourth-order valence-corrected chi connectivity index (χ4v) is 3.65. The third-order valence-electron chi connectivity index (χ3n) is 3.95. The minimum Gasteiger partial charge on any atom is -0.310 e. The zero-order chi connectivity index (χ0) is 13.1. The maximum atomic E-state index is 6.27. The first-order valence-corrected chi connectivity index (χ1v) is 7.91. The standard InChI is InChI=1S/C15H21BrClN/c1-10-3-4-12(7-10)9-18-11(2)14-6-5-13(16)8-15(14)17/h5-6,8,10-12,18H,3-4,7,9H2,1-2H3. The van der Waals surface area contributed by atoms with Crippen molar-refractivity contribution in [2.24, 2.45) is 11.8 Å². The molecule has 1 aromatic carbocycles. The first-order valence-electron chi connectivity index (χ1n) is 6.74. The van der Waals surface area contributed by atoms with Crippen LogP contribution in [0.1, 0.15) is 44.7 Å². The molecule has 0 amide bonds. The molecular formula is C15H21BrClN. The van der Waals surface area contributed by atoms with Crippen LogP contribution in [0.2, 0.25) is 5.02 Å². The molecule has 1 aliphatic carbocycles. The Morgan fingerprint density at radius 3 is 2.83 bits per heavy atom. The van der Waals surface area contributed by atoms with E-state index in [0.717, 1.165) is 27.9 Å². The average Bonchev–Trinajstić information content (AvgIpc) is 2.72. The first kappa shape index (κ1) is 14.4. The molecule has 100 valence electrons. The van der Waals surface area contributed by atoms with Crippen molar-refractivity contribution in [2.45, 2.75) is 39.2 Å². The van der Waals surface area contributed by atoms with Crippen LogP contribution in [0, 0.1) is 11.8 Å². The van der Waals surface area contributed by atoms with E-state index in [1.807, 2.05) is 6.07 Å². The SMILES string of the molecule is CC1CCC(CNC(C)c2ccc(Br)cc2Cl)C1. The second-order valence-corrected chi connectivity index (χ2v) is 6.90. The van der Waals surface area contributed by atoms with Gasteiger partial charge in [0.25, 0.3) is 0 Å². The third kappa shape index (κ3) is 3.72. The number of hydrogen-bond donors (Lipinski definition) is 1. The Bertz CT molecular complexity index is 407. The monoisotopic (exact) mass is 329 g/mol. The van der Waals surface area contributed by atoms with Crippen molar-refractivity contribution in [3.8, 4) is 0 Å². The molecule has 0 aliphatic heterocycles.